The SMILES string of the molecule is CCCCCCCCOC(=O)CCN(CCCCCCOC(=O)CCCCC1SCC2NC(=O)NC21)CCCN(CCC(=O)OCCCCCCCC)CCC(=O)OCCCCCCCC. The number of amides is 2. The van der Waals surface area contributed by atoms with E-state index in [1.54, 1.807) is 0 Å². The van der Waals surface area contributed by atoms with Gasteiger partial charge in [0, 0.05) is 37.1 Å². The van der Waals surface area contributed by atoms with E-state index in [1.165, 1.54) is 77.0 Å². The van der Waals surface area contributed by atoms with E-state index in [1.807, 2.05) is 11.8 Å². The summed E-state index contributed by atoms with van der Waals surface area (Å²) >= 11 is 1.90. The maximum Gasteiger partial charge on any atom is 0.315 e. The first-order chi connectivity index (χ1) is 32.2. The van der Waals surface area contributed by atoms with Gasteiger partial charge >= 0.3 is 29.9 Å². The molecule has 0 aliphatic carbocycles. The van der Waals surface area contributed by atoms with Crippen molar-refractivity contribution in [2.45, 2.75) is 231 Å². The number of carbonyl (C=O) groups excluding carboxylic acids is 5. The van der Waals surface area contributed by atoms with Gasteiger partial charge in [0.1, 0.15) is 0 Å². The van der Waals surface area contributed by atoms with E-state index in [0.717, 1.165) is 115 Å². The van der Waals surface area contributed by atoms with Crippen LogP contribution in [0.5, 0.6) is 0 Å². The molecule has 0 radical (unpaired) electrons. The lowest BCUT2D eigenvalue weighted by atomic mass is 10.0. The van der Waals surface area contributed by atoms with Crippen LogP contribution in [0.25, 0.3) is 0 Å². The minimum absolute atomic E-state index is 0.0670. The minimum Gasteiger partial charge on any atom is -0.466 e. The molecule has 2 rings (SSSR count). The Bertz CT molecular complexity index is 1230. The lowest BCUT2D eigenvalue weighted by Gasteiger charge is -2.25. The zero-order valence-electron chi connectivity index (χ0n) is 42.2. The van der Waals surface area contributed by atoms with Crippen LogP contribution in [-0.4, -0.2) is 128 Å². The van der Waals surface area contributed by atoms with Crippen LogP contribution < -0.4 is 10.6 Å². The molecule has 2 aliphatic heterocycles. The van der Waals surface area contributed by atoms with Gasteiger partial charge in [-0.25, -0.2) is 4.79 Å². The van der Waals surface area contributed by atoms with Gasteiger partial charge in [-0.15, -0.1) is 0 Å². The molecule has 2 amide bonds. The predicted octanol–water partition coefficient (Wildman–Crippen LogP) is 10.7. The fraction of sp³-hybridized carbons (Fsp3) is 0.904. The summed E-state index contributed by atoms with van der Waals surface area (Å²) in [5.41, 5.74) is 0. The van der Waals surface area contributed by atoms with Gasteiger partial charge in [-0.1, -0.05) is 136 Å². The van der Waals surface area contributed by atoms with Gasteiger partial charge in [-0.3, -0.25) is 19.2 Å². The fourth-order valence-corrected chi connectivity index (χ4v) is 10.2. The number of nitrogens with one attached hydrogen (secondary N) is 2. The van der Waals surface area contributed by atoms with Gasteiger partial charge in [0.2, 0.25) is 0 Å². The summed E-state index contributed by atoms with van der Waals surface area (Å²) in [5, 5.41) is 6.42. The molecule has 13 nitrogen and oxygen atoms in total. The molecule has 0 aromatic heterocycles. The standard InChI is InChI=1S/C52H96N4O9S/c1-4-7-10-13-17-24-41-63-48(58)31-37-55(34-23-16-20-27-40-62-47(57)30-22-21-29-46-51-45(44-66-46)53-52(61)54-51)35-28-36-56(38-32-49(59)64-42-25-18-14-11-8-5-2)39-33-50(60)65-43-26-19-15-12-9-6-3/h45-46,51H,4-44H2,1-3H3,(H2,53,54,61). The maximum absolute atomic E-state index is 12.8. The molecular formula is C52H96N4O9S. The largest absolute Gasteiger partial charge is 0.466 e. The Hall–Kier alpha value is -2.58. The molecule has 2 aliphatic rings. The van der Waals surface area contributed by atoms with Crippen LogP contribution in [0.15, 0.2) is 0 Å². The van der Waals surface area contributed by atoms with Crippen molar-refractivity contribution >= 4 is 41.7 Å². The highest BCUT2D eigenvalue weighted by Gasteiger charge is 2.42. The third-order valence-corrected chi connectivity index (χ3v) is 14.3. The Kier molecular flexibility index (Phi) is 37.3. The van der Waals surface area contributed by atoms with Crippen LogP contribution in [0.3, 0.4) is 0 Å². The molecule has 0 aromatic carbocycles. The molecule has 2 fully saturated rings. The van der Waals surface area contributed by atoms with Gasteiger partial charge < -0.3 is 39.4 Å². The van der Waals surface area contributed by atoms with E-state index in [4.69, 9.17) is 18.9 Å². The molecule has 2 N–H and O–H groups in total. The van der Waals surface area contributed by atoms with Crippen molar-refractivity contribution in [3.63, 3.8) is 0 Å². The number of rotatable bonds is 46. The lowest BCUT2D eigenvalue weighted by Crippen LogP contribution is -2.36. The van der Waals surface area contributed by atoms with Gasteiger partial charge in [-0.05, 0) is 71.0 Å². The molecule has 0 saturated carbocycles. The number of hydrogen-bond acceptors (Lipinski definition) is 12. The second-order valence-electron chi connectivity index (χ2n) is 18.8. The van der Waals surface area contributed by atoms with E-state index in [2.05, 4.69) is 41.2 Å². The zero-order valence-corrected chi connectivity index (χ0v) is 43.0. The number of nitrogens with zero attached hydrogens (tertiary/aromatic N) is 2. The number of urea groups is 1. The van der Waals surface area contributed by atoms with E-state index in [-0.39, 0.29) is 54.8 Å². The van der Waals surface area contributed by atoms with E-state index in [9.17, 15) is 24.0 Å². The van der Waals surface area contributed by atoms with E-state index >= 15 is 0 Å². The summed E-state index contributed by atoms with van der Waals surface area (Å²) < 4.78 is 22.3. The Morgan fingerprint density at radius 3 is 1.29 bits per heavy atom. The highest BCUT2D eigenvalue weighted by molar-refractivity contribution is 8.00. The summed E-state index contributed by atoms with van der Waals surface area (Å²) in [6.45, 7) is 12.5. The summed E-state index contributed by atoms with van der Waals surface area (Å²) in [7, 11) is 0. The first kappa shape index (κ1) is 59.5. The number of ether oxygens (including phenoxy) is 4. The Balaban J connectivity index is 1.79. The number of thioether (sulfide) groups is 1. The normalized spacial score (nSPS) is 16.6. The number of hydrogen-bond donors (Lipinski definition) is 2. The average Bonchev–Trinajstić information content (AvgIpc) is 3.87. The van der Waals surface area contributed by atoms with Crippen molar-refractivity contribution in [1.29, 1.82) is 0 Å². The van der Waals surface area contributed by atoms with Gasteiger partial charge in [0.25, 0.3) is 0 Å². The number of unbranched alkanes of at least 4 members (excludes halogenated alkanes) is 19. The van der Waals surface area contributed by atoms with Crippen molar-refractivity contribution in [2.24, 2.45) is 0 Å². The van der Waals surface area contributed by atoms with Crippen LogP contribution in [0, 0.1) is 0 Å². The molecule has 0 spiro atoms. The van der Waals surface area contributed by atoms with Crippen molar-refractivity contribution in [1.82, 2.24) is 20.4 Å². The Labute approximate surface area is 405 Å². The third-order valence-electron chi connectivity index (χ3n) is 12.8. The van der Waals surface area contributed by atoms with Gasteiger partial charge in [-0.2, -0.15) is 11.8 Å². The van der Waals surface area contributed by atoms with Crippen LogP contribution in [-0.2, 0) is 38.1 Å². The van der Waals surface area contributed by atoms with Crippen molar-refractivity contribution < 1.29 is 42.9 Å². The monoisotopic (exact) mass is 953 g/mol. The van der Waals surface area contributed by atoms with Crippen LogP contribution >= 0.6 is 11.8 Å². The van der Waals surface area contributed by atoms with Crippen LogP contribution in [0.4, 0.5) is 4.79 Å². The van der Waals surface area contributed by atoms with Crippen LogP contribution in [0.2, 0.25) is 0 Å². The third kappa shape index (κ3) is 32.2. The topological polar surface area (TPSA) is 153 Å². The summed E-state index contributed by atoms with van der Waals surface area (Å²) in [6, 6.07) is 0.357. The van der Waals surface area contributed by atoms with Crippen molar-refractivity contribution in [2.75, 3.05) is 71.4 Å². The Morgan fingerprint density at radius 1 is 0.455 bits per heavy atom. The lowest BCUT2D eigenvalue weighted by molar-refractivity contribution is -0.145. The molecule has 2 heterocycles. The average molecular weight is 953 g/mol. The molecular weight excluding hydrogens is 857 g/mol. The van der Waals surface area contributed by atoms with Gasteiger partial charge in [0.15, 0.2) is 0 Å². The van der Waals surface area contributed by atoms with Crippen molar-refractivity contribution in [3.8, 4) is 0 Å². The second kappa shape index (κ2) is 41.4. The first-order valence-electron chi connectivity index (χ1n) is 27.0. The number of fused-ring (bicyclic) bond motifs is 1. The molecule has 0 bridgehead atoms. The molecule has 14 heteroatoms. The molecule has 0 aromatic rings. The number of carbonyl (C=O) groups is 5. The summed E-state index contributed by atoms with van der Waals surface area (Å²) in [6.07, 6.45) is 29.2. The highest BCUT2D eigenvalue weighted by atomic mass is 32.2. The molecule has 3 atom stereocenters. The first-order valence-corrected chi connectivity index (χ1v) is 28.1. The summed E-state index contributed by atoms with van der Waals surface area (Å²) in [4.78, 5) is 66.8. The Morgan fingerprint density at radius 2 is 0.833 bits per heavy atom. The minimum atomic E-state index is -0.192. The quantitative estimate of drug-likeness (QED) is 0.0258. The van der Waals surface area contributed by atoms with Gasteiger partial charge in [0.05, 0.1) is 57.8 Å². The second-order valence-corrected chi connectivity index (χ2v) is 20.0. The van der Waals surface area contributed by atoms with Crippen LogP contribution in [0.1, 0.15) is 213 Å². The number of esters is 4. The van der Waals surface area contributed by atoms with Crippen molar-refractivity contribution in [3.05, 3.63) is 0 Å². The molecule has 66 heavy (non-hydrogen) atoms. The summed E-state index contributed by atoms with van der Waals surface area (Å²) in [5.74, 6) is 0.272. The maximum atomic E-state index is 12.8. The highest BCUT2D eigenvalue weighted by Crippen LogP contribution is 2.33. The van der Waals surface area contributed by atoms with E-state index < -0.39 is 0 Å². The molecule has 384 valence electrons. The van der Waals surface area contributed by atoms with E-state index in [0.29, 0.717) is 64.2 Å². The fourth-order valence-electron chi connectivity index (χ4n) is 8.67. The molecule has 2 saturated heterocycles. The molecule has 3 unspecified atom stereocenters. The zero-order chi connectivity index (χ0) is 47.7. The predicted molar refractivity (Wildman–Crippen MR) is 268 cm³/mol. The smallest absolute Gasteiger partial charge is 0.315 e.